The zero-order valence-corrected chi connectivity index (χ0v) is 17.6. The summed E-state index contributed by atoms with van der Waals surface area (Å²) in [6, 6.07) is 5.16. The lowest BCUT2D eigenvalue weighted by molar-refractivity contribution is -0.118. The first-order valence-electron chi connectivity index (χ1n) is 10.5. The van der Waals surface area contributed by atoms with Crippen LogP contribution in [0.15, 0.2) is 29.3 Å². The summed E-state index contributed by atoms with van der Waals surface area (Å²) in [6.45, 7) is 2.63. The first kappa shape index (κ1) is 19.4. The fourth-order valence-electron chi connectivity index (χ4n) is 4.56. The minimum absolute atomic E-state index is 0.114. The van der Waals surface area contributed by atoms with Crippen molar-refractivity contribution in [2.45, 2.75) is 50.0 Å². The average Bonchev–Trinajstić information content (AvgIpc) is 3.21. The van der Waals surface area contributed by atoms with E-state index in [-0.39, 0.29) is 17.3 Å². The molecule has 1 N–H and O–H groups in total. The smallest absolute Gasteiger partial charge is 0.240 e. The van der Waals surface area contributed by atoms with E-state index in [1.807, 2.05) is 0 Å². The van der Waals surface area contributed by atoms with E-state index in [0.717, 1.165) is 42.7 Å². The summed E-state index contributed by atoms with van der Waals surface area (Å²) >= 11 is 0. The van der Waals surface area contributed by atoms with Crippen molar-refractivity contribution in [3.05, 3.63) is 41.2 Å². The Bertz CT molecular complexity index is 1100. The molecule has 30 heavy (non-hydrogen) atoms. The molecule has 1 aromatic carbocycles. The third-order valence-electron chi connectivity index (χ3n) is 6.12. The van der Waals surface area contributed by atoms with Gasteiger partial charge in [0.1, 0.15) is 0 Å². The second-order valence-corrected chi connectivity index (χ2v) is 9.87. The topological polar surface area (TPSA) is 95.5 Å². The van der Waals surface area contributed by atoms with Gasteiger partial charge in [-0.1, -0.05) is 0 Å². The van der Waals surface area contributed by atoms with Gasteiger partial charge in [0.25, 0.3) is 0 Å². The number of nitrogens with one attached hydrogen (secondary N) is 1. The van der Waals surface area contributed by atoms with Crippen LogP contribution in [-0.2, 0) is 34.2 Å². The molecule has 2 aromatic rings. The van der Waals surface area contributed by atoms with E-state index < -0.39 is 10.0 Å². The quantitative estimate of drug-likeness (QED) is 0.782. The van der Waals surface area contributed by atoms with E-state index in [1.165, 1.54) is 6.42 Å². The van der Waals surface area contributed by atoms with Crippen LogP contribution in [0.3, 0.4) is 0 Å². The molecule has 1 amide bonds. The molecule has 8 nitrogen and oxygen atoms in total. The monoisotopic (exact) mass is 427 g/mol. The van der Waals surface area contributed by atoms with Crippen LogP contribution >= 0.6 is 0 Å². The van der Waals surface area contributed by atoms with E-state index in [2.05, 4.69) is 19.6 Å². The summed E-state index contributed by atoms with van der Waals surface area (Å²) in [5, 5.41) is 0. The average molecular weight is 428 g/mol. The Morgan fingerprint density at radius 3 is 2.57 bits per heavy atom. The van der Waals surface area contributed by atoms with Gasteiger partial charge in [0, 0.05) is 32.3 Å². The number of nitrogens with zero attached hydrogens (tertiary/aromatic N) is 4. The molecule has 5 rings (SSSR count). The van der Waals surface area contributed by atoms with Gasteiger partial charge in [-0.2, -0.15) is 0 Å². The molecular weight excluding hydrogens is 402 g/mol. The van der Waals surface area contributed by atoms with Crippen LogP contribution in [0, 0.1) is 0 Å². The minimum atomic E-state index is -3.68. The lowest BCUT2D eigenvalue weighted by Gasteiger charge is -2.26. The third kappa shape index (κ3) is 3.56. The Hall–Kier alpha value is -2.52. The SMILES string of the molecule is O=C1CCc2cc(S(=O)(=O)NCc3ccnc(N4CCCCC4)n3)cc3c2N1CC3. The normalized spacial score (nSPS) is 18.6. The molecule has 9 heteroatoms. The fraction of sp³-hybridized carbons (Fsp3) is 0.476. The molecule has 158 valence electrons. The lowest BCUT2D eigenvalue weighted by Crippen LogP contribution is -2.33. The van der Waals surface area contributed by atoms with E-state index in [4.69, 9.17) is 0 Å². The standard InChI is InChI=1S/C21H25N5O3S/c27-19-5-4-15-12-18(13-16-7-11-26(19)20(15)16)30(28,29)23-14-17-6-8-22-21(24-17)25-9-2-1-3-10-25/h6,8,12-13,23H,1-5,7,9-11,14H2. The van der Waals surface area contributed by atoms with Gasteiger partial charge in [-0.15, -0.1) is 0 Å². The maximum atomic E-state index is 13.0. The van der Waals surface area contributed by atoms with Gasteiger partial charge in [-0.05, 0) is 61.4 Å². The van der Waals surface area contributed by atoms with E-state index in [0.29, 0.717) is 37.4 Å². The first-order chi connectivity index (χ1) is 14.5. The predicted molar refractivity (Wildman–Crippen MR) is 113 cm³/mol. The largest absolute Gasteiger partial charge is 0.341 e. The number of aryl methyl sites for hydroxylation is 1. The Labute approximate surface area is 176 Å². The van der Waals surface area contributed by atoms with Crippen LogP contribution < -0.4 is 14.5 Å². The van der Waals surface area contributed by atoms with Crippen molar-refractivity contribution in [3.8, 4) is 0 Å². The van der Waals surface area contributed by atoms with Gasteiger partial charge in [0.2, 0.25) is 21.9 Å². The number of carbonyl (C=O) groups is 1. The maximum Gasteiger partial charge on any atom is 0.240 e. The summed E-state index contributed by atoms with van der Waals surface area (Å²) in [4.78, 5) is 25.2. The molecule has 3 aliphatic rings. The third-order valence-corrected chi connectivity index (χ3v) is 7.50. The van der Waals surface area contributed by atoms with Crippen molar-refractivity contribution in [2.75, 3.05) is 29.4 Å². The highest BCUT2D eigenvalue weighted by Gasteiger charge is 2.32. The number of aromatic nitrogens is 2. The Morgan fingerprint density at radius 1 is 1.00 bits per heavy atom. The van der Waals surface area contributed by atoms with Gasteiger partial charge in [-0.3, -0.25) is 4.79 Å². The summed E-state index contributed by atoms with van der Waals surface area (Å²) in [7, 11) is -3.68. The van der Waals surface area contributed by atoms with Crippen LogP contribution in [0.2, 0.25) is 0 Å². The highest BCUT2D eigenvalue weighted by Crippen LogP contribution is 2.38. The van der Waals surface area contributed by atoms with Gasteiger partial charge < -0.3 is 9.80 Å². The highest BCUT2D eigenvalue weighted by atomic mass is 32.2. The number of piperidine rings is 1. The zero-order valence-electron chi connectivity index (χ0n) is 16.8. The minimum Gasteiger partial charge on any atom is -0.341 e. The molecule has 0 saturated carbocycles. The van der Waals surface area contributed by atoms with Crippen molar-refractivity contribution in [2.24, 2.45) is 0 Å². The van der Waals surface area contributed by atoms with E-state index in [9.17, 15) is 13.2 Å². The summed E-state index contributed by atoms with van der Waals surface area (Å²) in [6.07, 6.45) is 6.89. The Balaban J connectivity index is 1.34. The molecule has 0 radical (unpaired) electrons. The lowest BCUT2D eigenvalue weighted by atomic mass is 10.00. The van der Waals surface area contributed by atoms with Gasteiger partial charge in [-0.25, -0.2) is 23.1 Å². The zero-order chi connectivity index (χ0) is 20.7. The molecule has 3 aliphatic heterocycles. The highest BCUT2D eigenvalue weighted by molar-refractivity contribution is 7.89. The van der Waals surface area contributed by atoms with Crippen molar-refractivity contribution in [1.82, 2.24) is 14.7 Å². The van der Waals surface area contributed by atoms with Gasteiger partial charge in [0.05, 0.1) is 22.8 Å². The number of anilines is 2. The number of sulfonamides is 1. The summed E-state index contributed by atoms with van der Waals surface area (Å²) in [5.41, 5.74) is 3.45. The predicted octanol–water partition coefficient (Wildman–Crippen LogP) is 1.78. The molecular formula is C21H25N5O3S. The van der Waals surface area contributed by atoms with E-state index >= 15 is 0 Å². The first-order valence-corrected chi connectivity index (χ1v) is 12.0. The van der Waals surface area contributed by atoms with E-state index in [1.54, 1.807) is 29.3 Å². The summed E-state index contributed by atoms with van der Waals surface area (Å²) < 4.78 is 28.6. The number of hydrogen-bond acceptors (Lipinski definition) is 6. The van der Waals surface area contributed by atoms with Crippen molar-refractivity contribution in [3.63, 3.8) is 0 Å². The van der Waals surface area contributed by atoms with Crippen LogP contribution in [0.1, 0.15) is 42.5 Å². The maximum absolute atomic E-state index is 13.0. The summed E-state index contributed by atoms with van der Waals surface area (Å²) in [5.74, 6) is 0.793. The molecule has 1 aromatic heterocycles. The van der Waals surface area contributed by atoms with Gasteiger partial charge >= 0.3 is 0 Å². The molecule has 4 heterocycles. The number of benzene rings is 1. The molecule has 1 saturated heterocycles. The number of amides is 1. The molecule has 1 fully saturated rings. The molecule has 0 bridgehead atoms. The number of carbonyl (C=O) groups excluding carboxylic acids is 1. The second-order valence-electron chi connectivity index (χ2n) is 8.11. The van der Waals surface area contributed by atoms with Gasteiger partial charge in [0.15, 0.2) is 0 Å². The molecule has 0 aliphatic carbocycles. The van der Waals surface area contributed by atoms with Crippen molar-refractivity contribution >= 4 is 27.6 Å². The van der Waals surface area contributed by atoms with Crippen molar-refractivity contribution in [1.29, 1.82) is 0 Å². The second kappa shape index (κ2) is 7.63. The molecule has 0 atom stereocenters. The van der Waals surface area contributed by atoms with Crippen LogP contribution in [0.25, 0.3) is 0 Å². The Morgan fingerprint density at radius 2 is 1.77 bits per heavy atom. The van der Waals surface area contributed by atoms with Crippen LogP contribution in [0.4, 0.5) is 11.6 Å². The Kier molecular flexibility index (Phi) is 4.94. The number of rotatable bonds is 5. The van der Waals surface area contributed by atoms with Crippen LogP contribution in [0.5, 0.6) is 0 Å². The molecule has 0 spiro atoms. The number of hydrogen-bond donors (Lipinski definition) is 1. The van der Waals surface area contributed by atoms with Crippen LogP contribution in [-0.4, -0.2) is 43.9 Å². The molecule has 0 unspecified atom stereocenters. The fourth-order valence-corrected chi connectivity index (χ4v) is 5.66. The van der Waals surface area contributed by atoms with Crippen molar-refractivity contribution < 1.29 is 13.2 Å².